The van der Waals surface area contributed by atoms with E-state index in [9.17, 15) is 18.0 Å². The summed E-state index contributed by atoms with van der Waals surface area (Å²) >= 11 is 6.06. The summed E-state index contributed by atoms with van der Waals surface area (Å²) in [4.78, 5) is 23.5. The maximum Gasteiger partial charge on any atom is 0.243 e. The van der Waals surface area contributed by atoms with Crippen molar-refractivity contribution >= 4 is 50.3 Å². The van der Waals surface area contributed by atoms with Gasteiger partial charge in [0.1, 0.15) is 5.75 Å². The number of sulfone groups is 1. The van der Waals surface area contributed by atoms with E-state index in [1.54, 1.807) is 30.3 Å². The molecule has 8 nitrogen and oxygen atoms in total. The number of para-hydroxylation sites is 1. The van der Waals surface area contributed by atoms with Crippen molar-refractivity contribution < 1.29 is 22.7 Å². The molecule has 0 aromatic heterocycles. The minimum atomic E-state index is -3.97. The summed E-state index contributed by atoms with van der Waals surface area (Å²) in [5.74, 6) is -0.323. The lowest BCUT2D eigenvalue weighted by Crippen LogP contribution is -2.22. The molecular weight excluding hydrogens is 466 g/mol. The third-order valence-corrected chi connectivity index (χ3v) is 6.69. The van der Waals surface area contributed by atoms with E-state index < -0.39 is 15.7 Å². The molecule has 10 heteroatoms. The lowest BCUT2D eigenvalue weighted by molar-refractivity contribution is -0.115. The van der Waals surface area contributed by atoms with Gasteiger partial charge >= 0.3 is 0 Å². The van der Waals surface area contributed by atoms with Crippen LogP contribution in [0.15, 0.2) is 76.5 Å². The van der Waals surface area contributed by atoms with Gasteiger partial charge < -0.3 is 20.7 Å². The van der Waals surface area contributed by atoms with Crippen molar-refractivity contribution in [2.45, 2.75) is 16.7 Å². The first kappa shape index (κ1) is 24.1. The van der Waals surface area contributed by atoms with Crippen molar-refractivity contribution in [1.82, 2.24) is 0 Å². The van der Waals surface area contributed by atoms with E-state index in [0.717, 1.165) is 0 Å². The molecule has 0 spiro atoms. The minimum Gasteiger partial charge on any atom is -0.497 e. The smallest absolute Gasteiger partial charge is 0.243 e. The van der Waals surface area contributed by atoms with E-state index in [1.807, 2.05) is 0 Å². The van der Waals surface area contributed by atoms with E-state index >= 15 is 0 Å². The third kappa shape index (κ3) is 6.03. The average Bonchev–Trinajstić information content (AvgIpc) is 2.79. The summed E-state index contributed by atoms with van der Waals surface area (Å²) in [7, 11) is -2.54. The molecule has 33 heavy (non-hydrogen) atoms. The van der Waals surface area contributed by atoms with Crippen LogP contribution in [0.2, 0.25) is 5.02 Å². The number of rotatable bonds is 8. The standard InChI is InChI=1S/C23H22ClN3O5S/c1-15(28)26-16-7-10-18(11-8-16)33(30,31)22-13-17(32-2)9-12-21(22)25-14-23(29)27-20-6-4-3-5-19(20)24/h3-13,25H,14H2,1-2H3,(H,26,28)(H,27,29). The SMILES string of the molecule is COc1ccc(NCC(=O)Nc2ccccc2Cl)c(S(=O)(=O)c2ccc(NC(C)=O)cc2)c1. The van der Waals surface area contributed by atoms with Gasteiger partial charge in [0, 0.05) is 18.7 Å². The van der Waals surface area contributed by atoms with Crippen LogP contribution in [0.4, 0.5) is 17.1 Å². The number of methoxy groups -OCH3 is 1. The fraction of sp³-hybridized carbons (Fsp3) is 0.130. The van der Waals surface area contributed by atoms with Gasteiger partial charge in [-0.1, -0.05) is 23.7 Å². The summed E-state index contributed by atoms with van der Waals surface area (Å²) in [5.41, 5.74) is 1.16. The highest BCUT2D eigenvalue weighted by atomic mass is 35.5. The fourth-order valence-electron chi connectivity index (χ4n) is 2.98. The molecule has 0 unspecified atom stereocenters. The Bertz CT molecular complexity index is 1280. The lowest BCUT2D eigenvalue weighted by Gasteiger charge is -2.15. The molecule has 0 heterocycles. The molecule has 0 bridgehead atoms. The quantitative estimate of drug-likeness (QED) is 0.439. The third-order valence-electron chi connectivity index (χ3n) is 4.55. The van der Waals surface area contributed by atoms with Gasteiger partial charge in [-0.05, 0) is 48.5 Å². The van der Waals surface area contributed by atoms with Crippen molar-refractivity contribution in [3.05, 3.63) is 71.8 Å². The Hall–Kier alpha value is -3.56. The molecule has 0 fully saturated rings. The summed E-state index contributed by atoms with van der Waals surface area (Å²) in [5, 5.41) is 8.52. The first-order chi connectivity index (χ1) is 15.7. The summed E-state index contributed by atoms with van der Waals surface area (Å²) in [6.45, 7) is 1.17. The second-order valence-electron chi connectivity index (χ2n) is 6.95. The van der Waals surface area contributed by atoms with E-state index in [0.29, 0.717) is 22.1 Å². The molecule has 3 N–H and O–H groups in total. The van der Waals surface area contributed by atoms with Crippen LogP contribution >= 0.6 is 11.6 Å². The number of amides is 2. The molecule has 0 aliphatic carbocycles. The van der Waals surface area contributed by atoms with Crippen LogP contribution < -0.4 is 20.7 Å². The predicted molar refractivity (Wildman–Crippen MR) is 128 cm³/mol. The first-order valence-corrected chi connectivity index (χ1v) is 11.7. The highest BCUT2D eigenvalue weighted by Crippen LogP contribution is 2.32. The van der Waals surface area contributed by atoms with Crippen LogP contribution in [0.5, 0.6) is 5.75 Å². The van der Waals surface area contributed by atoms with Gasteiger partial charge in [-0.25, -0.2) is 8.42 Å². The number of carbonyl (C=O) groups excluding carboxylic acids is 2. The second-order valence-corrected chi connectivity index (χ2v) is 9.28. The Morgan fingerprint density at radius 3 is 2.27 bits per heavy atom. The topological polar surface area (TPSA) is 114 Å². The van der Waals surface area contributed by atoms with Crippen LogP contribution in [0.3, 0.4) is 0 Å². The normalized spacial score (nSPS) is 10.9. The zero-order valence-corrected chi connectivity index (χ0v) is 19.5. The summed E-state index contributed by atoms with van der Waals surface area (Å²) in [6.07, 6.45) is 0. The maximum absolute atomic E-state index is 13.3. The number of ether oxygens (including phenoxy) is 1. The van der Waals surface area contributed by atoms with Gasteiger partial charge in [0.05, 0.1) is 39.8 Å². The average molecular weight is 488 g/mol. The number of nitrogens with one attached hydrogen (secondary N) is 3. The first-order valence-electron chi connectivity index (χ1n) is 9.80. The van der Waals surface area contributed by atoms with Crippen molar-refractivity contribution in [2.24, 2.45) is 0 Å². The van der Waals surface area contributed by atoms with Crippen LogP contribution in [0, 0.1) is 0 Å². The van der Waals surface area contributed by atoms with E-state index in [1.165, 1.54) is 50.4 Å². The maximum atomic E-state index is 13.3. The van der Waals surface area contributed by atoms with Crippen molar-refractivity contribution in [3.63, 3.8) is 0 Å². The Morgan fingerprint density at radius 2 is 1.64 bits per heavy atom. The molecule has 3 aromatic rings. The van der Waals surface area contributed by atoms with Crippen LogP contribution in [-0.2, 0) is 19.4 Å². The van der Waals surface area contributed by atoms with Gasteiger partial charge in [0.15, 0.2) is 0 Å². The molecule has 0 saturated heterocycles. The van der Waals surface area contributed by atoms with Crippen LogP contribution in [0.1, 0.15) is 6.92 Å². The molecule has 0 radical (unpaired) electrons. The van der Waals surface area contributed by atoms with Gasteiger partial charge in [-0.15, -0.1) is 0 Å². The second kappa shape index (κ2) is 10.4. The van der Waals surface area contributed by atoms with Crippen molar-refractivity contribution in [3.8, 4) is 5.75 Å². The molecule has 3 rings (SSSR count). The zero-order valence-electron chi connectivity index (χ0n) is 17.9. The molecule has 3 aromatic carbocycles. The van der Waals surface area contributed by atoms with Crippen LogP contribution in [-0.4, -0.2) is 33.9 Å². The number of benzene rings is 3. The number of carbonyl (C=O) groups is 2. The Kier molecular flexibility index (Phi) is 7.57. The monoisotopic (exact) mass is 487 g/mol. The number of anilines is 3. The molecule has 2 amide bonds. The van der Waals surface area contributed by atoms with Crippen molar-refractivity contribution in [2.75, 3.05) is 29.6 Å². The molecule has 172 valence electrons. The Morgan fingerprint density at radius 1 is 0.939 bits per heavy atom. The minimum absolute atomic E-state index is 0.0217. The number of hydrogen-bond donors (Lipinski definition) is 3. The molecule has 0 aliphatic heterocycles. The predicted octanol–water partition coefficient (Wildman–Crippen LogP) is 4.19. The van der Waals surface area contributed by atoms with Crippen LogP contribution in [0.25, 0.3) is 0 Å². The molecule has 0 saturated carbocycles. The molecule has 0 atom stereocenters. The van der Waals surface area contributed by atoms with Gasteiger partial charge in [-0.2, -0.15) is 0 Å². The fourth-order valence-corrected chi connectivity index (χ4v) is 4.61. The zero-order chi connectivity index (χ0) is 24.0. The van der Waals surface area contributed by atoms with Crippen molar-refractivity contribution in [1.29, 1.82) is 0 Å². The highest BCUT2D eigenvalue weighted by Gasteiger charge is 2.23. The molecule has 0 aliphatic rings. The van der Waals surface area contributed by atoms with Gasteiger partial charge in [0.2, 0.25) is 21.7 Å². The summed E-state index contributed by atoms with van der Waals surface area (Å²) in [6, 6.07) is 17.1. The Labute approximate surface area is 196 Å². The Balaban J connectivity index is 1.85. The van der Waals surface area contributed by atoms with E-state index in [2.05, 4.69) is 16.0 Å². The van der Waals surface area contributed by atoms with Gasteiger partial charge in [0.25, 0.3) is 0 Å². The lowest BCUT2D eigenvalue weighted by atomic mass is 10.3. The highest BCUT2D eigenvalue weighted by molar-refractivity contribution is 7.91. The summed E-state index contributed by atoms with van der Waals surface area (Å²) < 4.78 is 31.9. The van der Waals surface area contributed by atoms with Gasteiger partial charge in [-0.3, -0.25) is 9.59 Å². The number of hydrogen-bond acceptors (Lipinski definition) is 6. The largest absolute Gasteiger partial charge is 0.497 e. The number of halogens is 1. The van der Waals surface area contributed by atoms with E-state index in [4.69, 9.17) is 16.3 Å². The van der Waals surface area contributed by atoms with E-state index in [-0.39, 0.29) is 27.9 Å². The molecular formula is C23H22ClN3O5S.